The van der Waals surface area contributed by atoms with E-state index >= 15 is 0 Å². The molecule has 2 amide bonds. The van der Waals surface area contributed by atoms with E-state index in [9.17, 15) is 9.59 Å². The largest absolute Gasteiger partial charge is 0.480 e. The van der Waals surface area contributed by atoms with Gasteiger partial charge in [-0.25, -0.2) is 9.59 Å². The third-order valence-electron chi connectivity index (χ3n) is 4.19. The fourth-order valence-corrected chi connectivity index (χ4v) is 3.17. The van der Waals surface area contributed by atoms with E-state index in [0.29, 0.717) is 6.04 Å². The molecule has 0 bridgehead atoms. The summed E-state index contributed by atoms with van der Waals surface area (Å²) in [7, 11) is 0. The molecule has 0 saturated carbocycles. The Morgan fingerprint density at radius 2 is 2.05 bits per heavy atom. The summed E-state index contributed by atoms with van der Waals surface area (Å²) in [5.74, 6) is -1.13. The van der Waals surface area contributed by atoms with Crippen molar-refractivity contribution in [3.05, 3.63) is 0 Å². The van der Waals surface area contributed by atoms with Gasteiger partial charge in [-0.2, -0.15) is 0 Å². The number of aliphatic carboxylic acids is 1. The highest BCUT2D eigenvalue weighted by Gasteiger charge is 2.36. The number of aliphatic hydroxyl groups is 1. The minimum Gasteiger partial charge on any atom is -0.480 e. The van der Waals surface area contributed by atoms with E-state index in [4.69, 9.17) is 10.2 Å². The van der Waals surface area contributed by atoms with Gasteiger partial charge in [0.25, 0.3) is 0 Å². The normalized spacial score (nSPS) is 27.6. The number of carboxylic acid groups (broad SMARTS) is 1. The van der Waals surface area contributed by atoms with Crippen LogP contribution in [0.15, 0.2) is 0 Å². The number of hydrogen-bond acceptors (Lipinski definition) is 4. The molecule has 7 heteroatoms. The lowest BCUT2D eigenvalue weighted by atomic mass is 9.99. The maximum absolute atomic E-state index is 11.9. The Bertz CT molecular complexity index is 364. The van der Waals surface area contributed by atoms with Crippen molar-refractivity contribution in [2.24, 2.45) is 0 Å². The lowest BCUT2D eigenvalue weighted by Gasteiger charge is -2.32. The van der Waals surface area contributed by atoms with Gasteiger partial charge in [0.2, 0.25) is 0 Å². The van der Waals surface area contributed by atoms with E-state index in [1.165, 1.54) is 12.8 Å². The van der Waals surface area contributed by atoms with Crippen LogP contribution in [0.2, 0.25) is 0 Å². The Morgan fingerprint density at radius 3 is 2.75 bits per heavy atom. The van der Waals surface area contributed by atoms with Crippen molar-refractivity contribution in [2.45, 2.75) is 50.2 Å². The number of piperidine rings is 1. The summed E-state index contributed by atoms with van der Waals surface area (Å²) in [4.78, 5) is 25.2. The third-order valence-corrected chi connectivity index (χ3v) is 4.19. The molecule has 0 aliphatic carbocycles. The summed E-state index contributed by atoms with van der Waals surface area (Å²) in [6, 6.07) is -1.01. The molecule has 114 valence electrons. The van der Waals surface area contributed by atoms with Gasteiger partial charge in [0, 0.05) is 31.7 Å². The predicted molar refractivity (Wildman–Crippen MR) is 72.4 cm³/mol. The van der Waals surface area contributed by atoms with E-state index in [1.54, 1.807) is 0 Å². The van der Waals surface area contributed by atoms with Crippen molar-refractivity contribution >= 4 is 12.0 Å². The number of urea groups is 1. The number of amides is 2. The van der Waals surface area contributed by atoms with Gasteiger partial charge in [-0.15, -0.1) is 0 Å². The molecule has 4 N–H and O–H groups in total. The second-order valence-corrected chi connectivity index (χ2v) is 5.52. The van der Waals surface area contributed by atoms with E-state index in [2.05, 4.69) is 15.5 Å². The fraction of sp³-hybridized carbons (Fsp3) is 0.846. The van der Waals surface area contributed by atoms with Gasteiger partial charge in [0.15, 0.2) is 0 Å². The lowest BCUT2D eigenvalue weighted by molar-refractivity contribution is -0.139. The molecule has 2 unspecified atom stereocenters. The number of carbonyl (C=O) groups is 2. The molecule has 0 radical (unpaired) electrons. The van der Waals surface area contributed by atoms with Crippen molar-refractivity contribution < 1.29 is 19.8 Å². The summed E-state index contributed by atoms with van der Waals surface area (Å²) in [6.45, 7) is 1.82. The molecule has 2 heterocycles. The SMILES string of the molecule is O=C(NC1CCN2CCCCC12)N[C@H](CCO)C(=O)O. The van der Waals surface area contributed by atoms with Crippen LogP contribution in [0, 0.1) is 0 Å². The third kappa shape index (κ3) is 3.61. The highest BCUT2D eigenvalue weighted by molar-refractivity contribution is 5.82. The van der Waals surface area contributed by atoms with E-state index in [1.807, 2.05) is 0 Å². The zero-order valence-electron chi connectivity index (χ0n) is 11.5. The van der Waals surface area contributed by atoms with Gasteiger partial charge < -0.3 is 20.8 Å². The van der Waals surface area contributed by atoms with Crippen LogP contribution in [0.4, 0.5) is 4.79 Å². The van der Waals surface area contributed by atoms with Crippen molar-refractivity contribution in [1.82, 2.24) is 15.5 Å². The fourth-order valence-electron chi connectivity index (χ4n) is 3.17. The summed E-state index contributed by atoms with van der Waals surface area (Å²) in [5, 5.41) is 23.0. The Hall–Kier alpha value is -1.34. The Labute approximate surface area is 118 Å². The molecule has 3 atom stereocenters. The Balaban J connectivity index is 1.83. The number of aliphatic hydroxyl groups excluding tert-OH is 1. The Kier molecular flexibility index (Phi) is 5.19. The van der Waals surface area contributed by atoms with Gasteiger partial charge in [0.05, 0.1) is 0 Å². The first kappa shape index (κ1) is 15.1. The summed E-state index contributed by atoms with van der Waals surface area (Å²) < 4.78 is 0. The molecule has 0 aromatic carbocycles. The molecule has 2 saturated heterocycles. The van der Waals surface area contributed by atoms with Crippen molar-refractivity contribution in [3.63, 3.8) is 0 Å². The second-order valence-electron chi connectivity index (χ2n) is 5.52. The molecule has 2 aliphatic heterocycles. The monoisotopic (exact) mass is 285 g/mol. The first-order chi connectivity index (χ1) is 9.61. The van der Waals surface area contributed by atoms with E-state index in [-0.39, 0.29) is 19.1 Å². The number of carboxylic acids is 1. The van der Waals surface area contributed by atoms with Gasteiger partial charge in [-0.1, -0.05) is 6.42 Å². The number of nitrogens with one attached hydrogen (secondary N) is 2. The first-order valence-electron chi connectivity index (χ1n) is 7.26. The van der Waals surface area contributed by atoms with Crippen LogP contribution in [-0.2, 0) is 4.79 Å². The molecule has 2 fully saturated rings. The maximum atomic E-state index is 11.9. The highest BCUT2D eigenvalue weighted by atomic mass is 16.4. The van der Waals surface area contributed by atoms with E-state index < -0.39 is 18.0 Å². The van der Waals surface area contributed by atoms with Crippen LogP contribution in [0.25, 0.3) is 0 Å². The minimum atomic E-state index is -1.13. The van der Waals surface area contributed by atoms with Crippen molar-refractivity contribution in [2.75, 3.05) is 19.7 Å². The van der Waals surface area contributed by atoms with Gasteiger partial charge in [-0.05, 0) is 25.8 Å². The van der Waals surface area contributed by atoms with Crippen LogP contribution in [0.5, 0.6) is 0 Å². The molecule has 2 aliphatic rings. The van der Waals surface area contributed by atoms with Gasteiger partial charge in [0.1, 0.15) is 6.04 Å². The standard InChI is InChI=1S/C13H23N3O4/c17-8-5-10(12(18)19)15-13(20)14-9-4-7-16-6-2-1-3-11(9)16/h9-11,17H,1-8H2,(H,18,19)(H2,14,15,20)/t9?,10-,11?/m1/s1. The average Bonchev–Trinajstić information content (AvgIpc) is 2.81. The molecule has 20 heavy (non-hydrogen) atoms. The number of rotatable bonds is 5. The summed E-state index contributed by atoms with van der Waals surface area (Å²) >= 11 is 0. The number of fused-ring (bicyclic) bond motifs is 1. The zero-order chi connectivity index (χ0) is 14.5. The average molecular weight is 285 g/mol. The quantitative estimate of drug-likeness (QED) is 0.558. The molecule has 2 rings (SSSR count). The molecule has 0 aromatic rings. The van der Waals surface area contributed by atoms with Crippen LogP contribution < -0.4 is 10.6 Å². The van der Waals surface area contributed by atoms with Crippen LogP contribution in [0.3, 0.4) is 0 Å². The number of carbonyl (C=O) groups excluding carboxylic acids is 1. The van der Waals surface area contributed by atoms with Gasteiger partial charge >= 0.3 is 12.0 Å². The number of hydrogen-bond donors (Lipinski definition) is 4. The number of nitrogens with zero attached hydrogens (tertiary/aromatic N) is 1. The smallest absolute Gasteiger partial charge is 0.326 e. The molecular weight excluding hydrogens is 262 g/mol. The summed E-state index contributed by atoms with van der Waals surface area (Å²) in [5.41, 5.74) is 0. The molecule has 0 aromatic heterocycles. The Morgan fingerprint density at radius 1 is 1.25 bits per heavy atom. The molecule has 7 nitrogen and oxygen atoms in total. The second kappa shape index (κ2) is 6.90. The van der Waals surface area contributed by atoms with Crippen molar-refractivity contribution in [1.29, 1.82) is 0 Å². The lowest BCUT2D eigenvalue weighted by Crippen LogP contribution is -2.53. The highest BCUT2D eigenvalue weighted by Crippen LogP contribution is 2.26. The first-order valence-corrected chi connectivity index (χ1v) is 7.26. The molecule has 0 spiro atoms. The van der Waals surface area contributed by atoms with Crippen LogP contribution in [-0.4, -0.2) is 64.9 Å². The van der Waals surface area contributed by atoms with Gasteiger partial charge in [-0.3, -0.25) is 4.90 Å². The molecular formula is C13H23N3O4. The maximum Gasteiger partial charge on any atom is 0.326 e. The van der Waals surface area contributed by atoms with Crippen LogP contribution >= 0.6 is 0 Å². The summed E-state index contributed by atoms with van der Waals surface area (Å²) in [6.07, 6.45) is 4.42. The van der Waals surface area contributed by atoms with Crippen molar-refractivity contribution in [3.8, 4) is 0 Å². The topological polar surface area (TPSA) is 102 Å². The van der Waals surface area contributed by atoms with Crippen LogP contribution in [0.1, 0.15) is 32.1 Å². The predicted octanol–water partition coefficient (Wildman–Crippen LogP) is -0.252. The van der Waals surface area contributed by atoms with E-state index in [0.717, 1.165) is 25.9 Å². The minimum absolute atomic E-state index is 0.0168. The zero-order valence-corrected chi connectivity index (χ0v) is 11.5.